The van der Waals surface area contributed by atoms with Gasteiger partial charge in [0.15, 0.2) is 0 Å². The Bertz CT molecular complexity index is 6380. The number of aromatic nitrogens is 10. The number of nitrogens with one attached hydrogen (secondary N) is 5. The number of hydrogen-bond donors (Lipinski definition) is 5. The summed E-state index contributed by atoms with van der Waals surface area (Å²) < 4.78 is 28.6. The second-order valence-corrected chi connectivity index (χ2v) is 31.0. The van der Waals surface area contributed by atoms with Crippen molar-refractivity contribution >= 4 is 165 Å². The zero-order valence-electron chi connectivity index (χ0n) is 62.5. The highest BCUT2D eigenvalue weighted by Crippen LogP contribution is 2.44. The van der Waals surface area contributed by atoms with E-state index in [9.17, 15) is 28.4 Å². The Balaban J connectivity index is 0.000000108. The highest BCUT2D eigenvalue weighted by atomic mass is 35.5. The van der Waals surface area contributed by atoms with Gasteiger partial charge in [0.2, 0.25) is 11.8 Å². The summed E-state index contributed by atoms with van der Waals surface area (Å²) >= 11 is 43.5. The Morgan fingerprint density at radius 3 is 0.948 bits per heavy atom. The standard InChI is InChI=1S/C18H16ClN3O2.2C17H13Cl2N3O.C17H13ClFN3O.C17H14ClN3O/c1-10-13-7-12(19)8-14(11-3-4-15(24-2)21-9-11)17(13)22-6-5-20-18(23)16(10)22;1-9-12-6-11(18)7-13(10-2-3-14(19)21-8-10)16(12)22-5-4-20-17(23)15(9)22;1-9-12-7-11(18)8-13(10-2-3-20-14(19)6-10)16(12)22-5-4-21-17(23)15(9)22;1-9-12-6-11(18)7-13(10-2-3-14(19)21-8-10)16(12)22-5-4-20-17(23)15(9)22;1-10-13-7-12(18)8-14(11-3-2-4-19-9-11)16(13)21-6-5-20-17(22)15(10)21/h3-4,7-9H,5-6H2,1-2H3,(H,20,23);2-3,6-8H,4-5H2,1H3,(H,20,23);2-3,6-8H,4-5H2,1H3,(H,21,23);2-3,6-8H,4-5H2,1H3,(H,20,23);2-4,7-9H,5-6H2,1H3,(H,20,22). The van der Waals surface area contributed by atoms with Crippen LogP contribution in [0.2, 0.25) is 35.4 Å². The monoisotopic (exact) mass is 1670 g/mol. The van der Waals surface area contributed by atoms with Crippen LogP contribution in [0.4, 0.5) is 4.39 Å². The van der Waals surface area contributed by atoms with E-state index in [2.05, 4.69) is 69.8 Å². The molecule has 0 unspecified atom stereocenters. The summed E-state index contributed by atoms with van der Waals surface area (Å²) in [5, 5.41) is 23.4. The van der Waals surface area contributed by atoms with Crippen molar-refractivity contribution in [3.8, 4) is 61.5 Å². The first-order chi connectivity index (χ1) is 55.4. The van der Waals surface area contributed by atoms with Crippen LogP contribution in [0, 0.1) is 40.6 Å². The van der Waals surface area contributed by atoms with Crippen LogP contribution in [-0.4, -0.2) is 117 Å². The molecule has 0 spiro atoms. The number of carbonyl (C=O) groups excluding carboxylic acids is 5. The molecule has 580 valence electrons. The normalized spacial score (nSPS) is 13.9. The molecule has 115 heavy (non-hydrogen) atoms. The number of nitrogens with zero attached hydrogens (tertiary/aromatic N) is 10. The number of pyridine rings is 5. The van der Waals surface area contributed by atoms with Gasteiger partial charge < -0.3 is 54.2 Å². The van der Waals surface area contributed by atoms with Gasteiger partial charge in [-0.3, -0.25) is 29.0 Å². The van der Waals surface area contributed by atoms with Gasteiger partial charge in [0, 0.05) is 211 Å². The van der Waals surface area contributed by atoms with Crippen molar-refractivity contribution in [2.24, 2.45) is 0 Å². The minimum Gasteiger partial charge on any atom is -0.481 e. The second kappa shape index (κ2) is 31.8. The summed E-state index contributed by atoms with van der Waals surface area (Å²) in [6.45, 7) is 16.5. The zero-order chi connectivity index (χ0) is 80.5. The lowest BCUT2D eigenvalue weighted by Crippen LogP contribution is -2.35. The molecule has 0 saturated carbocycles. The number of ether oxygens (including phenoxy) is 1. The molecule has 0 fully saturated rings. The summed E-state index contributed by atoms with van der Waals surface area (Å²) in [7, 11) is 1.59. The van der Waals surface area contributed by atoms with Gasteiger partial charge in [0.25, 0.3) is 29.5 Å². The van der Waals surface area contributed by atoms with Gasteiger partial charge >= 0.3 is 0 Å². The molecule has 15 aromatic rings. The first-order valence-electron chi connectivity index (χ1n) is 36.7. The van der Waals surface area contributed by atoms with Crippen LogP contribution in [0.1, 0.15) is 80.3 Å². The predicted octanol–water partition coefficient (Wildman–Crippen LogP) is 18.5. The Kier molecular flexibility index (Phi) is 21.5. The zero-order valence-corrected chi connectivity index (χ0v) is 67.8. The van der Waals surface area contributed by atoms with Crippen molar-refractivity contribution in [3.05, 3.63) is 256 Å². The molecular weight excluding hydrogens is 1610 g/mol. The van der Waals surface area contributed by atoms with Gasteiger partial charge in [-0.1, -0.05) is 87.3 Å². The number of methoxy groups -OCH3 is 1. The molecule has 10 aromatic heterocycles. The van der Waals surface area contributed by atoms with Crippen molar-refractivity contribution in [1.82, 2.24) is 74.3 Å². The third-order valence-corrected chi connectivity index (χ3v) is 22.9. The van der Waals surface area contributed by atoms with Crippen LogP contribution in [-0.2, 0) is 32.7 Å². The summed E-state index contributed by atoms with van der Waals surface area (Å²) in [4.78, 5) is 81.7. The van der Waals surface area contributed by atoms with Gasteiger partial charge in [0.1, 0.15) is 38.8 Å². The third kappa shape index (κ3) is 14.4. The smallest absolute Gasteiger partial charge is 0.268 e. The Labute approximate surface area is 692 Å². The minimum absolute atomic E-state index is 0.0202. The molecule has 5 aliphatic rings. The minimum atomic E-state index is -0.528. The average Bonchev–Trinajstić information content (AvgIpc) is 1.62. The fraction of sp³-hybridized carbons (Fsp3) is 0.186. The third-order valence-electron chi connectivity index (χ3n) is 21.4. The lowest BCUT2D eigenvalue weighted by atomic mass is 10.0. The summed E-state index contributed by atoms with van der Waals surface area (Å²) in [6, 6.07) is 37.1. The first kappa shape index (κ1) is 77.6. The molecule has 15 heterocycles. The molecule has 5 aliphatic heterocycles. The van der Waals surface area contributed by atoms with Gasteiger partial charge in [-0.15, -0.1) is 0 Å². The summed E-state index contributed by atoms with van der Waals surface area (Å²) in [6.07, 6.45) is 10.2. The highest BCUT2D eigenvalue weighted by molar-refractivity contribution is 6.35. The van der Waals surface area contributed by atoms with E-state index in [0.717, 1.165) is 170 Å². The largest absolute Gasteiger partial charge is 0.481 e. The van der Waals surface area contributed by atoms with Gasteiger partial charge in [-0.05, 0) is 177 Å². The summed E-state index contributed by atoms with van der Waals surface area (Å²) in [5.74, 6) is -0.187. The number of hydrogen-bond acceptors (Lipinski definition) is 11. The van der Waals surface area contributed by atoms with E-state index in [4.69, 9.17) is 85.9 Å². The number of carbonyl (C=O) groups is 5. The van der Waals surface area contributed by atoms with Crippen molar-refractivity contribution in [3.63, 3.8) is 0 Å². The van der Waals surface area contributed by atoms with E-state index < -0.39 is 5.95 Å². The fourth-order valence-electron chi connectivity index (χ4n) is 16.4. The molecule has 0 bridgehead atoms. The van der Waals surface area contributed by atoms with E-state index in [0.29, 0.717) is 103 Å². The number of halogens is 8. The molecule has 21 nitrogen and oxygen atoms in total. The van der Waals surface area contributed by atoms with Crippen LogP contribution in [0.25, 0.3) is 110 Å². The van der Waals surface area contributed by atoms with E-state index in [-0.39, 0.29) is 29.5 Å². The van der Waals surface area contributed by atoms with Gasteiger partial charge in [-0.2, -0.15) is 4.39 Å². The first-order valence-corrected chi connectivity index (χ1v) is 39.4. The van der Waals surface area contributed by atoms with E-state index in [1.807, 2.05) is 149 Å². The molecule has 0 aliphatic carbocycles. The molecule has 0 radical (unpaired) electrons. The lowest BCUT2D eigenvalue weighted by molar-refractivity contribution is 0.0920. The Hall–Kier alpha value is -11.3. The number of aryl methyl sites for hydroxylation is 5. The van der Waals surface area contributed by atoms with E-state index in [1.165, 1.54) is 12.3 Å². The maximum absolute atomic E-state index is 13.1. The maximum Gasteiger partial charge on any atom is 0.268 e. The molecular formula is C86H69Cl7FN15O6. The van der Waals surface area contributed by atoms with Crippen LogP contribution >= 0.6 is 81.2 Å². The molecule has 5 amide bonds. The maximum atomic E-state index is 13.1. The van der Waals surface area contributed by atoms with E-state index in [1.54, 1.807) is 44.0 Å². The van der Waals surface area contributed by atoms with Crippen LogP contribution in [0.15, 0.2) is 159 Å². The van der Waals surface area contributed by atoms with Gasteiger partial charge in [-0.25, -0.2) is 19.9 Å². The van der Waals surface area contributed by atoms with Crippen molar-refractivity contribution in [2.75, 3.05) is 39.8 Å². The van der Waals surface area contributed by atoms with Gasteiger partial charge in [0.05, 0.1) is 34.7 Å². The Morgan fingerprint density at radius 1 is 0.339 bits per heavy atom. The van der Waals surface area contributed by atoms with Crippen molar-refractivity contribution in [2.45, 2.75) is 67.3 Å². The lowest BCUT2D eigenvalue weighted by Gasteiger charge is -2.18. The molecule has 0 saturated heterocycles. The van der Waals surface area contributed by atoms with E-state index >= 15 is 0 Å². The quantitative estimate of drug-likeness (QED) is 0.0980. The summed E-state index contributed by atoms with van der Waals surface area (Å²) in [5.41, 5.74) is 22.6. The number of benzene rings is 5. The van der Waals surface area contributed by atoms with Crippen molar-refractivity contribution < 1.29 is 33.1 Å². The SMILES string of the molecule is COc1ccc(-c2cc(Cl)cc3c(C)c4n(c23)CCNC4=O)cn1.Cc1c2n(c3c(-c4ccc(Cl)nc4)cc(Cl)cc13)CCNC2=O.Cc1c2n(c3c(-c4ccc(F)nc4)cc(Cl)cc13)CCNC2=O.Cc1c2n(c3c(-c4cccnc4)cc(Cl)cc13)CCNC2=O.Cc1c2n(c3c(-c4ccnc(Cl)c4)cc(Cl)cc13)CCNC2=O. The Morgan fingerprint density at radius 2 is 0.661 bits per heavy atom. The molecule has 29 heteroatoms. The number of rotatable bonds is 6. The predicted molar refractivity (Wildman–Crippen MR) is 453 cm³/mol. The number of amides is 5. The van der Waals surface area contributed by atoms with Crippen LogP contribution in [0.3, 0.4) is 0 Å². The molecule has 0 atom stereocenters. The molecule has 5 aromatic carbocycles. The highest BCUT2D eigenvalue weighted by Gasteiger charge is 2.32. The number of fused-ring (bicyclic) bond motifs is 15. The average molecular weight is 1680 g/mol. The topological polar surface area (TPSA) is 244 Å². The fourth-order valence-corrected chi connectivity index (χ4v) is 17.8. The molecule has 5 N–H and O–H groups in total. The van der Waals surface area contributed by atoms with Crippen LogP contribution in [0.5, 0.6) is 5.88 Å². The second-order valence-electron chi connectivity index (χ2n) is 28.1. The molecule has 20 rings (SSSR count). The van der Waals surface area contributed by atoms with Crippen molar-refractivity contribution in [1.29, 1.82) is 0 Å². The van der Waals surface area contributed by atoms with Crippen LogP contribution < -0.4 is 31.3 Å².